The van der Waals surface area contributed by atoms with E-state index in [1.165, 1.54) is 6.07 Å². The lowest BCUT2D eigenvalue weighted by Gasteiger charge is -2.42. The van der Waals surface area contributed by atoms with E-state index in [9.17, 15) is 18.0 Å². The third-order valence-electron chi connectivity index (χ3n) is 7.28. The van der Waals surface area contributed by atoms with Crippen LogP contribution in [0.15, 0.2) is 96.2 Å². The maximum absolute atomic E-state index is 14.4. The lowest BCUT2D eigenvalue weighted by Crippen LogP contribution is -2.56. The van der Waals surface area contributed by atoms with Gasteiger partial charge in [0.05, 0.1) is 29.2 Å². The minimum atomic E-state index is -4.29. The van der Waals surface area contributed by atoms with E-state index in [0.717, 1.165) is 15.4 Å². The highest BCUT2D eigenvalue weighted by Gasteiger charge is 2.45. The van der Waals surface area contributed by atoms with Crippen molar-refractivity contribution in [2.45, 2.75) is 44.2 Å². The number of carbonyl (C=O) groups is 2. The van der Waals surface area contributed by atoms with E-state index in [0.29, 0.717) is 40.5 Å². The van der Waals surface area contributed by atoms with Gasteiger partial charge < -0.3 is 10.2 Å². The lowest BCUT2D eigenvalue weighted by molar-refractivity contribution is -0.126. The summed E-state index contributed by atoms with van der Waals surface area (Å²) in [6.45, 7) is 3.95. The maximum atomic E-state index is 14.4. The molecular formula is C32H31ClN4O4S. The molecule has 0 bridgehead atoms. The Labute approximate surface area is 251 Å². The maximum Gasteiger partial charge on any atom is 0.265 e. The van der Waals surface area contributed by atoms with Crippen molar-refractivity contribution in [3.8, 4) is 0 Å². The molecule has 8 nitrogen and oxygen atoms in total. The number of aromatic nitrogens is 1. The van der Waals surface area contributed by atoms with Gasteiger partial charge >= 0.3 is 0 Å². The SMILES string of the molecule is Cc1cc(S(=O)(=O)N2c3ccccc3N(Cc3ccccc3)C(=O)[C@H]2CC(=O)NCCc2ccncc2)c(C)cc1Cl. The monoisotopic (exact) mass is 602 g/mol. The molecule has 10 heteroatoms. The first-order valence-corrected chi connectivity index (χ1v) is 15.4. The zero-order valence-corrected chi connectivity index (χ0v) is 24.9. The van der Waals surface area contributed by atoms with Crippen molar-refractivity contribution < 1.29 is 18.0 Å². The number of sulfonamides is 1. The van der Waals surface area contributed by atoms with Gasteiger partial charge in [-0.05, 0) is 78.9 Å². The van der Waals surface area contributed by atoms with Gasteiger partial charge in [0.1, 0.15) is 6.04 Å². The van der Waals surface area contributed by atoms with Gasteiger partial charge in [-0.15, -0.1) is 0 Å². The van der Waals surface area contributed by atoms with Gasteiger partial charge in [0.2, 0.25) is 5.91 Å². The summed E-state index contributed by atoms with van der Waals surface area (Å²) in [6, 6.07) is 21.9. The van der Waals surface area contributed by atoms with Crippen molar-refractivity contribution in [1.29, 1.82) is 0 Å². The second kappa shape index (κ2) is 12.3. The number of halogens is 1. The molecule has 42 heavy (non-hydrogen) atoms. The van der Waals surface area contributed by atoms with E-state index in [2.05, 4.69) is 10.3 Å². The highest BCUT2D eigenvalue weighted by atomic mass is 35.5. The molecule has 1 aromatic heterocycles. The fourth-order valence-corrected chi connectivity index (χ4v) is 7.26. The van der Waals surface area contributed by atoms with Crippen LogP contribution in [0.1, 0.15) is 28.7 Å². The van der Waals surface area contributed by atoms with E-state index >= 15 is 0 Å². The molecule has 1 aliphatic heterocycles. The molecule has 4 aromatic rings. The van der Waals surface area contributed by atoms with E-state index in [1.807, 2.05) is 42.5 Å². The van der Waals surface area contributed by atoms with Crippen LogP contribution in [0.25, 0.3) is 0 Å². The summed E-state index contributed by atoms with van der Waals surface area (Å²) in [4.78, 5) is 33.1. The predicted octanol–water partition coefficient (Wildman–Crippen LogP) is 5.21. The van der Waals surface area contributed by atoms with Crippen LogP contribution in [-0.4, -0.2) is 37.8 Å². The Bertz CT molecular complexity index is 1720. The number of nitrogens with zero attached hydrogens (tertiary/aromatic N) is 3. The van der Waals surface area contributed by atoms with Crippen LogP contribution in [-0.2, 0) is 32.6 Å². The number of para-hydroxylation sites is 2. The quantitative estimate of drug-likeness (QED) is 0.283. The molecule has 216 valence electrons. The van der Waals surface area contributed by atoms with Gasteiger partial charge in [0.25, 0.3) is 15.9 Å². The number of hydrogen-bond donors (Lipinski definition) is 1. The Balaban J connectivity index is 1.54. The van der Waals surface area contributed by atoms with Gasteiger partial charge in [-0.1, -0.05) is 54.1 Å². The van der Waals surface area contributed by atoms with E-state index in [-0.39, 0.29) is 17.9 Å². The first kappa shape index (κ1) is 29.3. The second-order valence-corrected chi connectivity index (χ2v) is 12.4. The normalized spacial score (nSPS) is 14.9. The molecule has 3 aromatic carbocycles. The molecule has 2 heterocycles. The molecule has 0 saturated heterocycles. The Hall–Kier alpha value is -4.21. The number of nitrogens with one attached hydrogen (secondary N) is 1. The highest BCUT2D eigenvalue weighted by molar-refractivity contribution is 7.93. The minimum absolute atomic E-state index is 0.0339. The van der Waals surface area contributed by atoms with Crippen LogP contribution in [0, 0.1) is 13.8 Å². The van der Waals surface area contributed by atoms with Gasteiger partial charge in [0, 0.05) is 24.0 Å². The van der Waals surface area contributed by atoms with Gasteiger partial charge in [-0.25, -0.2) is 8.42 Å². The second-order valence-electron chi connectivity index (χ2n) is 10.2. The number of hydrogen-bond acceptors (Lipinski definition) is 5. The minimum Gasteiger partial charge on any atom is -0.356 e. The molecule has 2 amide bonds. The van der Waals surface area contributed by atoms with Gasteiger partial charge in [-0.3, -0.25) is 18.9 Å². The van der Waals surface area contributed by atoms with E-state index in [4.69, 9.17) is 11.6 Å². The molecular weight excluding hydrogens is 572 g/mol. The zero-order chi connectivity index (χ0) is 29.9. The summed E-state index contributed by atoms with van der Waals surface area (Å²) < 4.78 is 29.9. The number of anilines is 2. The smallest absolute Gasteiger partial charge is 0.265 e. The number of pyridine rings is 1. The van der Waals surface area contributed by atoms with Gasteiger partial charge in [0.15, 0.2) is 0 Å². The Morgan fingerprint density at radius 2 is 1.57 bits per heavy atom. The molecule has 0 unspecified atom stereocenters. The average molecular weight is 603 g/mol. The zero-order valence-electron chi connectivity index (χ0n) is 23.3. The summed E-state index contributed by atoms with van der Waals surface area (Å²) in [5, 5.41) is 3.30. The number of fused-ring (bicyclic) bond motifs is 1. The number of aryl methyl sites for hydroxylation is 2. The number of carbonyl (C=O) groups excluding carboxylic acids is 2. The molecule has 0 radical (unpaired) electrons. The van der Waals surface area contributed by atoms with Crippen LogP contribution >= 0.6 is 11.6 Å². The Kier molecular flexibility index (Phi) is 8.61. The number of rotatable bonds is 9. The van der Waals surface area contributed by atoms with Crippen LogP contribution in [0.4, 0.5) is 11.4 Å². The standard InChI is InChI=1S/C32H31ClN4O4S/c1-22-19-30(23(2)18-26(22)33)42(40,41)37-28-11-7-6-10-27(28)36(21-25-8-4-3-5-9-25)32(39)29(37)20-31(38)35-17-14-24-12-15-34-16-13-24/h3-13,15-16,18-19,29H,14,17,20-21H2,1-2H3,(H,35,38)/t29-/m1/s1. The highest BCUT2D eigenvalue weighted by Crippen LogP contribution is 2.42. The van der Waals surface area contributed by atoms with Gasteiger partial charge in [-0.2, -0.15) is 0 Å². The molecule has 1 aliphatic rings. The fraction of sp³-hybridized carbons (Fsp3) is 0.219. The van der Waals surface area contributed by atoms with Crippen LogP contribution in [0.5, 0.6) is 0 Å². The molecule has 0 spiro atoms. The summed E-state index contributed by atoms with van der Waals surface area (Å²) in [6.07, 6.45) is 3.58. The molecule has 0 saturated carbocycles. The summed E-state index contributed by atoms with van der Waals surface area (Å²) in [5.74, 6) is -0.903. The fourth-order valence-electron chi connectivity index (χ4n) is 5.12. The number of amides is 2. The molecule has 1 N–H and O–H groups in total. The third kappa shape index (κ3) is 6.03. The van der Waals surface area contributed by atoms with Crippen molar-refractivity contribution in [1.82, 2.24) is 10.3 Å². The summed E-state index contributed by atoms with van der Waals surface area (Å²) in [5.41, 5.74) is 3.69. The molecule has 1 atom stereocenters. The first-order chi connectivity index (χ1) is 20.2. The third-order valence-corrected chi connectivity index (χ3v) is 9.66. The van der Waals surface area contributed by atoms with E-state index < -0.39 is 27.9 Å². The molecule has 5 rings (SSSR count). The van der Waals surface area contributed by atoms with Crippen LogP contribution in [0.2, 0.25) is 5.02 Å². The molecule has 0 aliphatic carbocycles. The summed E-state index contributed by atoms with van der Waals surface area (Å²) in [7, 11) is -4.29. The van der Waals surface area contributed by atoms with Crippen molar-refractivity contribution in [2.75, 3.05) is 15.7 Å². The topological polar surface area (TPSA) is 99.7 Å². The van der Waals surface area contributed by atoms with Crippen molar-refractivity contribution in [3.63, 3.8) is 0 Å². The number of benzene rings is 3. The van der Waals surface area contributed by atoms with E-state index in [1.54, 1.807) is 61.5 Å². The first-order valence-electron chi connectivity index (χ1n) is 13.6. The van der Waals surface area contributed by atoms with Crippen molar-refractivity contribution in [2.24, 2.45) is 0 Å². The predicted molar refractivity (Wildman–Crippen MR) is 164 cm³/mol. The van der Waals surface area contributed by atoms with Crippen LogP contribution in [0.3, 0.4) is 0 Å². The summed E-state index contributed by atoms with van der Waals surface area (Å²) >= 11 is 6.29. The Morgan fingerprint density at radius 1 is 0.905 bits per heavy atom. The average Bonchev–Trinajstić information content (AvgIpc) is 2.98. The van der Waals surface area contributed by atoms with Crippen molar-refractivity contribution in [3.05, 3.63) is 119 Å². The van der Waals surface area contributed by atoms with Crippen LogP contribution < -0.4 is 14.5 Å². The Morgan fingerprint density at radius 3 is 2.29 bits per heavy atom. The molecule has 0 fully saturated rings. The van der Waals surface area contributed by atoms with Crippen molar-refractivity contribution >= 4 is 44.8 Å². The lowest BCUT2D eigenvalue weighted by atomic mass is 10.0. The largest absolute Gasteiger partial charge is 0.356 e.